The van der Waals surface area contributed by atoms with Crippen LogP contribution in [0.3, 0.4) is 0 Å². The molecule has 0 unspecified atom stereocenters. The van der Waals surface area contributed by atoms with Gasteiger partial charge in [-0.05, 0) is 191 Å². The molecule has 10 aromatic rings. The van der Waals surface area contributed by atoms with Crippen LogP contribution in [-0.2, 0) is 5.41 Å². The van der Waals surface area contributed by atoms with Crippen molar-refractivity contribution in [2.24, 2.45) is 0 Å². The maximum Gasteiger partial charge on any atom is 0.0737 e. The van der Waals surface area contributed by atoms with Gasteiger partial charge >= 0.3 is 0 Å². The van der Waals surface area contributed by atoms with E-state index in [1.54, 1.807) is 0 Å². The molecule has 12 rings (SSSR count). The highest BCUT2D eigenvalue weighted by atomic mass is 15.1. The molecule has 0 aliphatic heterocycles. The van der Waals surface area contributed by atoms with Gasteiger partial charge in [0.2, 0.25) is 0 Å². The van der Waals surface area contributed by atoms with E-state index in [1.165, 1.54) is 111 Å². The Morgan fingerprint density at radius 1 is 0.308 bits per heavy atom. The third-order valence-electron chi connectivity index (χ3n) is 14.3. The molecule has 2 heteroatoms. The minimum Gasteiger partial charge on any atom is -0.310 e. The molecule has 0 amide bonds. The fourth-order valence-electron chi connectivity index (χ4n) is 11.2. The molecule has 2 nitrogen and oxygen atoms in total. The molecule has 0 atom stereocenters. The summed E-state index contributed by atoms with van der Waals surface area (Å²) in [5.74, 6) is 0. The van der Waals surface area contributed by atoms with Crippen LogP contribution in [0.5, 0.6) is 0 Å². The molecule has 0 saturated carbocycles. The molecule has 0 bridgehead atoms. The Morgan fingerprint density at radius 2 is 0.692 bits per heavy atom. The van der Waals surface area contributed by atoms with Crippen molar-refractivity contribution in [3.63, 3.8) is 0 Å². The number of fused-ring (bicyclic) bond motifs is 14. The molecule has 10 aromatic carbocycles. The van der Waals surface area contributed by atoms with E-state index in [2.05, 4.69) is 245 Å². The van der Waals surface area contributed by atoms with Crippen LogP contribution in [0.1, 0.15) is 55.6 Å². The van der Waals surface area contributed by atoms with Gasteiger partial charge in [-0.15, -0.1) is 0 Å². The first-order valence-electron chi connectivity index (χ1n) is 22.9. The number of hydrogen-bond donors (Lipinski definition) is 0. The van der Waals surface area contributed by atoms with Gasteiger partial charge in [-0.3, -0.25) is 0 Å². The Hall–Kier alpha value is -7.68. The molecule has 2 aliphatic rings. The van der Waals surface area contributed by atoms with Crippen LogP contribution in [0.25, 0.3) is 43.8 Å². The zero-order chi connectivity index (χ0) is 44.1. The molecule has 65 heavy (non-hydrogen) atoms. The Kier molecular flexibility index (Phi) is 8.80. The summed E-state index contributed by atoms with van der Waals surface area (Å²) in [6.45, 7) is 13.1. The number of benzene rings is 10. The number of anilines is 6. The van der Waals surface area contributed by atoms with Crippen molar-refractivity contribution >= 4 is 55.7 Å². The lowest BCUT2D eigenvalue weighted by Crippen LogP contribution is -2.26. The smallest absolute Gasteiger partial charge is 0.0737 e. The van der Waals surface area contributed by atoms with Gasteiger partial charge in [0.15, 0.2) is 0 Å². The predicted molar refractivity (Wildman–Crippen MR) is 276 cm³/mol. The van der Waals surface area contributed by atoms with Crippen molar-refractivity contribution in [2.75, 3.05) is 9.80 Å². The summed E-state index contributed by atoms with van der Waals surface area (Å²) < 4.78 is 0. The van der Waals surface area contributed by atoms with E-state index in [-0.39, 0.29) is 0 Å². The maximum absolute atomic E-state index is 2.43. The van der Waals surface area contributed by atoms with Crippen molar-refractivity contribution in [1.29, 1.82) is 0 Å². The van der Waals surface area contributed by atoms with E-state index in [9.17, 15) is 0 Å². The highest BCUT2D eigenvalue weighted by molar-refractivity contribution is 6.10. The summed E-state index contributed by atoms with van der Waals surface area (Å²) in [4.78, 5) is 4.87. The normalized spacial score (nSPS) is 12.9. The van der Waals surface area contributed by atoms with Crippen LogP contribution in [-0.4, -0.2) is 0 Å². The van der Waals surface area contributed by atoms with Crippen molar-refractivity contribution in [3.8, 4) is 22.3 Å². The summed E-state index contributed by atoms with van der Waals surface area (Å²) in [6, 6.07) is 73.7. The summed E-state index contributed by atoms with van der Waals surface area (Å²) in [5, 5.41) is 5.02. The molecular weight excluding hydrogens is 785 g/mol. The third-order valence-corrected chi connectivity index (χ3v) is 14.3. The fourth-order valence-corrected chi connectivity index (χ4v) is 11.2. The summed E-state index contributed by atoms with van der Waals surface area (Å²) >= 11 is 0. The van der Waals surface area contributed by atoms with Crippen LogP contribution in [0.15, 0.2) is 194 Å². The third kappa shape index (κ3) is 5.87. The second kappa shape index (κ2) is 14.7. The van der Waals surface area contributed by atoms with Gasteiger partial charge in [-0.1, -0.05) is 145 Å². The van der Waals surface area contributed by atoms with Gasteiger partial charge in [0.1, 0.15) is 0 Å². The zero-order valence-corrected chi connectivity index (χ0v) is 37.9. The Balaban J connectivity index is 1.11. The summed E-state index contributed by atoms with van der Waals surface area (Å²) in [7, 11) is 0. The first-order valence-corrected chi connectivity index (χ1v) is 22.9. The number of nitrogens with zero attached hydrogens (tertiary/aromatic N) is 2. The molecule has 0 heterocycles. The molecular formula is C63H50N2. The van der Waals surface area contributed by atoms with Crippen LogP contribution in [0, 0.1) is 41.5 Å². The highest BCUT2D eigenvalue weighted by Crippen LogP contribution is 2.65. The van der Waals surface area contributed by atoms with E-state index >= 15 is 0 Å². The first kappa shape index (κ1) is 39.0. The summed E-state index contributed by atoms with van der Waals surface area (Å²) in [5.41, 5.74) is 24.6. The largest absolute Gasteiger partial charge is 0.310 e. The minimum atomic E-state index is -0.534. The van der Waals surface area contributed by atoms with Crippen molar-refractivity contribution in [1.82, 2.24) is 0 Å². The topological polar surface area (TPSA) is 6.48 Å². The highest BCUT2D eigenvalue weighted by Gasteiger charge is 2.53. The average Bonchev–Trinajstić information content (AvgIpc) is 3.80. The van der Waals surface area contributed by atoms with Crippen LogP contribution >= 0.6 is 0 Å². The van der Waals surface area contributed by atoms with E-state index in [1.807, 2.05) is 0 Å². The van der Waals surface area contributed by atoms with Gasteiger partial charge in [-0.25, -0.2) is 0 Å². The molecule has 0 radical (unpaired) electrons. The van der Waals surface area contributed by atoms with Crippen molar-refractivity contribution in [3.05, 3.63) is 250 Å². The SMILES string of the molecule is Cc1ccc(N(c2ccc3c4c(ccc3c2)-c2ccc3cc(N(c5ccc(C)cc5)c5cc(C)ccc5C)ccc3c2C42c3ccccc3-c3ccccc32)c2cc(C)ccc2C)cc1. The van der Waals surface area contributed by atoms with E-state index in [4.69, 9.17) is 0 Å². The number of aryl methyl sites for hydroxylation is 6. The van der Waals surface area contributed by atoms with Crippen molar-refractivity contribution < 1.29 is 0 Å². The second-order valence-corrected chi connectivity index (χ2v) is 18.6. The molecule has 312 valence electrons. The lowest BCUT2D eigenvalue weighted by molar-refractivity contribution is 0.809. The van der Waals surface area contributed by atoms with Crippen LogP contribution < -0.4 is 9.80 Å². The molecule has 0 N–H and O–H groups in total. The number of rotatable bonds is 6. The molecule has 1 spiro atoms. The second-order valence-electron chi connectivity index (χ2n) is 18.6. The van der Waals surface area contributed by atoms with E-state index in [0.717, 1.165) is 22.7 Å². The predicted octanol–water partition coefficient (Wildman–Crippen LogP) is 17.1. The Bertz CT molecular complexity index is 3320. The maximum atomic E-state index is 2.43. The van der Waals surface area contributed by atoms with Gasteiger partial charge in [0, 0.05) is 34.1 Å². The standard InChI is InChI=1S/C63H50N2/c1-39-17-25-47(26-18-39)64(59-35-41(3)15-21-43(59)5)49-29-33-51-45(37-49)23-31-55-56-32-24-46-38-50(65(48-27-19-40(2)20-28-48)60-36-42(4)16-22-44(60)6)30-34-52(46)62(56)63(61(51)55)57-13-9-7-11-53(57)54-12-8-10-14-58(54)63/h7-38H,1-6H3. The molecule has 0 saturated heterocycles. The van der Waals surface area contributed by atoms with Crippen molar-refractivity contribution in [2.45, 2.75) is 47.0 Å². The van der Waals surface area contributed by atoms with Gasteiger partial charge < -0.3 is 9.80 Å². The zero-order valence-electron chi connectivity index (χ0n) is 37.9. The molecule has 2 aliphatic carbocycles. The van der Waals surface area contributed by atoms with Gasteiger partial charge in [0.05, 0.1) is 5.41 Å². The lowest BCUT2D eigenvalue weighted by atomic mass is 9.68. The molecule has 0 aromatic heterocycles. The van der Waals surface area contributed by atoms with Gasteiger partial charge in [-0.2, -0.15) is 0 Å². The quantitative estimate of drug-likeness (QED) is 0.165. The number of hydrogen-bond acceptors (Lipinski definition) is 2. The first-order chi connectivity index (χ1) is 31.7. The Morgan fingerprint density at radius 3 is 1.12 bits per heavy atom. The summed E-state index contributed by atoms with van der Waals surface area (Å²) in [6.07, 6.45) is 0. The van der Waals surface area contributed by atoms with Gasteiger partial charge in [0.25, 0.3) is 0 Å². The van der Waals surface area contributed by atoms with E-state index < -0.39 is 5.41 Å². The monoisotopic (exact) mass is 834 g/mol. The van der Waals surface area contributed by atoms with Crippen LogP contribution in [0.2, 0.25) is 0 Å². The van der Waals surface area contributed by atoms with Crippen LogP contribution in [0.4, 0.5) is 34.1 Å². The van der Waals surface area contributed by atoms with E-state index in [0.29, 0.717) is 0 Å². The minimum absolute atomic E-state index is 0.534. The fraction of sp³-hybridized carbons (Fsp3) is 0.111. The average molecular weight is 835 g/mol. The molecule has 0 fully saturated rings. The Labute approximate surface area is 382 Å². The lowest BCUT2D eigenvalue weighted by Gasteiger charge is -2.33.